The number of hydrogen-bond acceptors (Lipinski definition) is 1. The first-order valence-corrected chi connectivity index (χ1v) is 3.97. The van der Waals surface area contributed by atoms with Crippen molar-refractivity contribution in [3.05, 3.63) is 30.1 Å². The lowest BCUT2D eigenvalue weighted by Gasteiger charge is -1.94. The zero-order valence-corrected chi connectivity index (χ0v) is 7.38. The molecule has 0 aliphatic heterocycles. The van der Waals surface area contributed by atoms with Gasteiger partial charge in [0.1, 0.15) is 6.33 Å². The van der Waals surface area contributed by atoms with Crippen LogP contribution in [-0.2, 0) is 0 Å². The Morgan fingerprint density at radius 2 is 2.00 bits per heavy atom. The van der Waals surface area contributed by atoms with Gasteiger partial charge < -0.3 is 0 Å². The third-order valence-corrected chi connectivity index (χ3v) is 1.82. The highest BCUT2D eigenvalue weighted by Crippen LogP contribution is 2.16. The molecule has 14 heavy (non-hydrogen) atoms. The Kier molecular flexibility index (Phi) is 1.93. The number of benzene rings is 1. The van der Waals surface area contributed by atoms with E-state index in [0.29, 0.717) is 11.0 Å². The van der Waals surface area contributed by atoms with Gasteiger partial charge in [0.05, 0.1) is 11.0 Å². The molecule has 0 saturated carbocycles. The summed E-state index contributed by atoms with van der Waals surface area (Å²) in [5, 5.41) is 0. The highest BCUT2D eigenvalue weighted by molar-refractivity contribution is 5.76. The third kappa shape index (κ3) is 1.23. The first-order chi connectivity index (χ1) is 6.72. The lowest BCUT2D eigenvalue weighted by Crippen LogP contribution is -1.88. The maximum atomic E-state index is 12.9. The molecule has 0 saturated heterocycles. The van der Waals surface area contributed by atoms with Crippen LogP contribution in [0.5, 0.6) is 0 Å². The second-order valence-corrected chi connectivity index (χ2v) is 2.73. The maximum absolute atomic E-state index is 12.9. The lowest BCUT2D eigenvalue weighted by molar-refractivity contribution is 0.510. The van der Waals surface area contributed by atoms with Crippen molar-refractivity contribution in [3.8, 4) is 12.0 Å². The zero-order chi connectivity index (χ0) is 10.1. The van der Waals surface area contributed by atoms with Crippen LogP contribution in [0.4, 0.5) is 8.78 Å². The molecule has 0 spiro atoms. The molecule has 1 aromatic heterocycles. The van der Waals surface area contributed by atoms with Gasteiger partial charge in [0.25, 0.3) is 0 Å². The molecule has 1 aromatic carbocycles. The van der Waals surface area contributed by atoms with E-state index < -0.39 is 11.6 Å². The van der Waals surface area contributed by atoms with Gasteiger partial charge in [-0.2, -0.15) is 0 Å². The highest BCUT2D eigenvalue weighted by Gasteiger charge is 2.07. The molecule has 0 aliphatic rings. The summed E-state index contributed by atoms with van der Waals surface area (Å²) in [5.41, 5.74) is 0.866. The van der Waals surface area contributed by atoms with Crippen LogP contribution in [0.15, 0.2) is 18.5 Å². The number of halogens is 2. The summed E-state index contributed by atoms with van der Waals surface area (Å²) in [5.74, 6) is 0.865. The summed E-state index contributed by atoms with van der Waals surface area (Å²) in [6.45, 7) is 1.66. The fourth-order valence-electron chi connectivity index (χ4n) is 1.21. The van der Waals surface area contributed by atoms with E-state index in [-0.39, 0.29) is 0 Å². The van der Waals surface area contributed by atoms with Crippen LogP contribution in [-0.4, -0.2) is 9.55 Å². The average molecular weight is 192 g/mol. The Bertz CT molecular complexity index is 546. The van der Waals surface area contributed by atoms with Gasteiger partial charge in [-0.05, 0) is 6.92 Å². The van der Waals surface area contributed by atoms with Crippen LogP contribution in [0.1, 0.15) is 6.92 Å². The molecule has 2 nitrogen and oxygen atoms in total. The van der Waals surface area contributed by atoms with Gasteiger partial charge in [-0.1, -0.05) is 5.92 Å². The number of rotatable bonds is 0. The minimum absolute atomic E-state index is 0.395. The van der Waals surface area contributed by atoms with Crippen molar-refractivity contribution in [2.24, 2.45) is 0 Å². The van der Waals surface area contributed by atoms with Gasteiger partial charge in [0.15, 0.2) is 11.6 Å². The van der Waals surface area contributed by atoms with Gasteiger partial charge in [0, 0.05) is 18.2 Å². The predicted molar refractivity (Wildman–Crippen MR) is 48.5 cm³/mol. The maximum Gasteiger partial charge on any atom is 0.161 e. The van der Waals surface area contributed by atoms with Crippen molar-refractivity contribution in [2.75, 3.05) is 0 Å². The van der Waals surface area contributed by atoms with Crippen molar-refractivity contribution in [3.63, 3.8) is 0 Å². The van der Waals surface area contributed by atoms with Crippen LogP contribution in [0.25, 0.3) is 11.0 Å². The Morgan fingerprint density at radius 1 is 1.29 bits per heavy atom. The molecule has 1 heterocycles. The number of fused-ring (bicyclic) bond motifs is 1. The van der Waals surface area contributed by atoms with E-state index in [0.717, 1.165) is 12.1 Å². The first-order valence-electron chi connectivity index (χ1n) is 3.97. The predicted octanol–water partition coefficient (Wildman–Crippen LogP) is 2.14. The Balaban J connectivity index is 2.78. The molecule has 0 unspecified atom stereocenters. The van der Waals surface area contributed by atoms with Crippen LogP contribution < -0.4 is 0 Å². The molecule has 0 radical (unpaired) electrons. The van der Waals surface area contributed by atoms with Crippen LogP contribution in [0, 0.1) is 23.6 Å². The summed E-state index contributed by atoms with van der Waals surface area (Å²) in [6.07, 6.45) is 1.43. The first kappa shape index (κ1) is 8.70. The monoisotopic (exact) mass is 192 g/mol. The van der Waals surface area contributed by atoms with E-state index in [1.54, 1.807) is 6.92 Å². The molecule has 0 bridgehead atoms. The van der Waals surface area contributed by atoms with Crippen molar-refractivity contribution >= 4 is 11.0 Å². The average Bonchev–Trinajstić information content (AvgIpc) is 2.51. The molecule has 0 aliphatic carbocycles. The topological polar surface area (TPSA) is 17.8 Å². The number of imidazole rings is 1. The van der Waals surface area contributed by atoms with Crippen molar-refractivity contribution in [1.29, 1.82) is 0 Å². The number of nitrogens with zero attached hydrogens (tertiary/aromatic N) is 2. The molecule has 70 valence electrons. The minimum Gasteiger partial charge on any atom is -0.257 e. The lowest BCUT2D eigenvalue weighted by atomic mass is 10.3. The number of aromatic nitrogens is 2. The summed E-state index contributed by atoms with van der Waals surface area (Å²) < 4.78 is 27.1. The van der Waals surface area contributed by atoms with Gasteiger partial charge in [-0.15, -0.1) is 0 Å². The van der Waals surface area contributed by atoms with Gasteiger partial charge in [0.2, 0.25) is 0 Å². The van der Waals surface area contributed by atoms with Crippen LogP contribution in [0.2, 0.25) is 0 Å². The molecule has 2 aromatic rings. The van der Waals surface area contributed by atoms with Crippen LogP contribution >= 0.6 is 0 Å². The standard InChI is InChI=1S/C10H6F2N2/c1-2-3-14-6-13-9-4-7(11)8(12)5-10(9)14/h4-6H,1H3. The molecular weight excluding hydrogens is 186 g/mol. The van der Waals surface area contributed by atoms with Gasteiger partial charge >= 0.3 is 0 Å². The third-order valence-electron chi connectivity index (χ3n) is 1.82. The van der Waals surface area contributed by atoms with E-state index in [2.05, 4.69) is 16.9 Å². The summed E-state index contributed by atoms with van der Waals surface area (Å²) >= 11 is 0. The van der Waals surface area contributed by atoms with E-state index in [1.807, 2.05) is 0 Å². The molecular formula is C10H6F2N2. The van der Waals surface area contributed by atoms with E-state index in [1.165, 1.54) is 10.9 Å². The molecule has 0 amide bonds. The summed E-state index contributed by atoms with van der Waals surface area (Å²) in [6, 6.07) is 4.83. The molecule has 0 fully saturated rings. The van der Waals surface area contributed by atoms with Crippen molar-refractivity contribution in [2.45, 2.75) is 6.92 Å². The zero-order valence-electron chi connectivity index (χ0n) is 7.38. The molecule has 4 heteroatoms. The van der Waals surface area contributed by atoms with E-state index >= 15 is 0 Å². The fourth-order valence-corrected chi connectivity index (χ4v) is 1.21. The Hall–Kier alpha value is -1.89. The summed E-state index contributed by atoms with van der Waals surface area (Å²) in [4.78, 5) is 3.89. The van der Waals surface area contributed by atoms with E-state index in [9.17, 15) is 8.78 Å². The molecule has 0 N–H and O–H groups in total. The minimum atomic E-state index is -0.896. The highest BCUT2D eigenvalue weighted by atomic mass is 19.2. The number of hydrogen-bond donors (Lipinski definition) is 0. The normalized spacial score (nSPS) is 9.93. The van der Waals surface area contributed by atoms with Crippen LogP contribution in [0.3, 0.4) is 0 Å². The smallest absolute Gasteiger partial charge is 0.161 e. The molecule has 0 atom stereocenters. The van der Waals surface area contributed by atoms with Gasteiger partial charge in [-0.3, -0.25) is 4.57 Å². The largest absolute Gasteiger partial charge is 0.257 e. The summed E-state index contributed by atoms with van der Waals surface area (Å²) in [7, 11) is 0. The Morgan fingerprint density at radius 3 is 2.71 bits per heavy atom. The second kappa shape index (κ2) is 3.11. The SMILES string of the molecule is CC#Cn1cnc2cc(F)c(F)cc21. The van der Waals surface area contributed by atoms with Crippen molar-refractivity contribution < 1.29 is 8.78 Å². The second-order valence-electron chi connectivity index (χ2n) is 2.73. The Labute approximate surface area is 79.2 Å². The molecule has 2 rings (SSSR count). The van der Waals surface area contributed by atoms with Crippen molar-refractivity contribution in [1.82, 2.24) is 9.55 Å². The fraction of sp³-hybridized carbons (Fsp3) is 0.100. The van der Waals surface area contributed by atoms with Gasteiger partial charge in [-0.25, -0.2) is 13.8 Å². The quantitative estimate of drug-likeness (QED) is 0.585. The van der Waals surface area contributed by atoms with E-state index in [4.69, 9.17) is 0 Å².